The van der Waals surface area contributed by atoms with Crippen LogP contribution in [-0.2, 0) is 17.7 Å². The fourth-order valence-electron chi connectivity index (χ4n) is 2.01. The number of imidazole rings is 1. The Morgan fingerprint density at radius 1 is 1.37 bits per heavy atom. The lowest BCUT2D eigenvalue weighted by molar-refractivity contribution is 0.0596. The third kappa shape index (κ3) is 2.59. The zero-order valence-electron chi connectivity index (χ0n) is 11.1. The molecule has 100 valence electrons. The number of ether oxygens (including phenoxy) is 1. The van der Waals surface area contributed by atoms with Gasteiger partial charge in [0.05, 0.1) is 20.0 Å². The molecular weight excluding hydrogens is 242 g/mol. The topological polar surface area (TPSA) is 70.1 Å². The summed E-state index contributed by atoms with van der Waals surface area (Å²) in [5, 5.41) is 0. The molecule has 0 saturated heterocycles. The molecule has 0 unspecified atom stereocenters. The molecule has 0 aliphatic carbocycles. The monoisotopic (exact) mass is 259 g/mol. The van der Waals surface area contributed by atoms with E-state index in [1.54, 1.807) is 10.9 Å². The normalized spacial score (nSPS) is 10.4. The Morgan fingerprint density at radius 3 is 2.68 bits per heavy atom. The molecule has 5 heteroatoms. The number of aryl methyl sites for hydroxylation is 1. The number of hydrogen-bond donors (Lipinski definition) is 1. The number of esters is 1. The van der Waals surface area contributed by atoms with Gasteiger partial charge >= 0.3 is 5.97 Å². The molecule has 0 aliphatic rings. The quantitative estimate of drug-likeness (QED) is 0.851. The Balaban J connectivity index is 2.29. The second kappa shape index (κ2) is 5.56. The summed E-state index contributed by atoms with van der Waals surface area (Å²) in [5.74, 6) is -0.183. The highest BCUT2D eigenvalue weighted by atomic mass is 16.5. The first-order valence-corrected chi connectivity index (χ1v) is 6.13. The van der Waals surface area contributed by atoms with Crippen LogP contribution in [0.15, 0.2) is 30.6 Å². The van der Waals surface area contributed by atoms with Crippen molar-refractivity contribution in [2.24, 2.45) is 0 Å². The predicted molar refractivity (Wildman–Crippen MR) is 72.9 cm³/mol. The maximum atomic E-state index is 11.4. The molecule has 1 heterocycles. The van der Waals surface area contributed by atoms with Crippen LogP contribution < -0.4 is 5.73 Å². The number of methoxy groups -OCH3 is 1. The molecule has 5 nitrogen and oxygen atoms in total. The van der Waals surface area contributed by atoms with Crippen LogP contribution in [0, 0.1) is 0 Å². The van der Waals surface area contributed by atoms with Crippen LogP contribution in [-0.4, -0.2) is 22.6 Å². The summed E-state index contributed by atoms with van der Waals surface area (Å²) in [7, 11) is 1.31. The highest BCUT2D eigenvalue weighted by molar-refractivity contribution is 5.92. The van der Waals surface area contributed by atoms with Crippen LogP contribution in [0.25, 0.3) is 0 Å². The lowest BCUT2D eigenvalue weighted by atomic mass is 10.1. The van der Waals surface area contributed by atoms with Gasteiger partial charge in [0.2, 0.25) is 0 Å². The van der Waals surface area contributed by atoms with E-state index in [4.69, 9.17) is 5.73 Å². The Kier molecular flexibility index (Phi) is 3.85. The van der Waals surface area contributed by atoms with E-state index in [-0.39, 0.29) is 5.69 Å². The first kappa shape index (κ1) is 13.1. The standard InChI is InChI=1S/C14H17N3O2/c1-3-10-6-4-5-7-11(10)8-17-9-16-12(13(17)15)14(18)19-2/h4-7,9H,3,8,15H2,1-2H3. The summed E-state index contributed by atoms with van der Waals surface area (Å²) in [6, 6.07) is 8.14. The minimum atomic E-state index is -0.514. The zero-order chi connectivity index (χ0) is 13.8. The molecule has 1 aromatic carbocycles. The molecule has 0 saturated carbocycles. The first-order valence-electron chi connectivity index (χ1n) is 6.13. The van der Waals surface area contributed by atoms with Gasteiger partial charge in [-0.25, -0.2) is 9.78 Å². The Morgan fingerprint density at radius 2 is 2.05 bits per heavy atom. The van der Waals surface area contributed by atoms with Crippen molar-refractivity contribution in [1.82, 2.24) is 9.55 Å². The van der Waals surface area contributed by atoms with Crippen LogP contribution in [0.5, 0.6) is 0 Å². The maximum Gasteiger partial charge on any atom is 0.360 e. The van der Waals surface area contributed by atoms with E-state index < -0.39 is 5.97 Å². The maximum absolute atomic E-state index is 11.4. The Labute approximate surface area is 112 Å². The van der Waals surface area contributed by atoms with Gasteiger partial charge in [-0.05, 0) is 17.5 Å². The number of carbonyl (C=O) groups is 1. The molecule has 1 aromatic heterocycles. The van der Waals surface area contributed by atoms with Gasteiger partial charge < -0.3 is 15.0 Å². The molecule has 19 heavy (non-hydrogen) atoms. The van der Waals surface area contributed by atoms with Crippen molar-refractivity contribution in [3.05, 3.63) is 47.4 Å². The lowest BCUT2D eigenvalue weighted by Crippen LogP contribution is -2.09. The van der Waals surface area contributed by atoms with Gasteiger partial charge in [0.1, 0.15) is 5.82 Å². The average Bonchev–Trinajstić information content (AvgIpc) is 2.80. The lowest BCUT2D eigenvalue weighted by Gasteiger charge is -2.09. The fourth-order valence-corrected chi connectivity index (χ4v) is 2.01. The van der Waals surface area contributed by atoms with Crippen molar-refractivity contribution in [1.29, 1.82) is 0 Å². The van der Waals surface area contributed by atoms with Gasteiger partial charge in [-0.3, -0.25) is 0 Å². The van der Waals surface area contributed by atoms with E-state index in [1.807, 2.05) is 12.1 Å². The largest absolute Gasteiger partial charge is 0.464 e. The van der Waals surface area contributed by atoms with Crippen LogP contribution in [0.2, 0.25) is 0 Å². The molecule has 0 amide bonds. The smallest absolute Gasteiger partial charge is 0.360 e. The summed E-state index contributed by atoms with van der Waals surface area (Å²) in [6.45, 7) is 2.70. The van der Waals surface area contributed by atoms with Gasteiger partial charge in [0, 0.05) is 0 Å². The van der Waals surface area contributed by atoms with E-state index in [2.05, 4.69) is 28.8 Å². The number of rotatable bonds is 4. The summed E-state index contributed by atoms with van der Waals surface area (Å²) < 4.78 is 6.38. The predicted octanol–water partition coefficient (Wildman–Crippen LogP) is 1.86. The minimum absolute atomic E-state index is 0.163. The Hall–Kier alpha value is -2.30. The Bertz CT molecular complexity index is 590. The number of nitrogens with two attached hydrogens (primary N) is 1. The van der Waals surface area contributed by atoms with Crippen molar-refractivity contribution in [3.63, 3.8) is 0 Å². The molecule has 0 aliphatic heterocycles. The SMILES string of the molecule is CCc1ccccc1Cn1cnc(C(=O)OC)c1N. The molecule has 0 spiro atoms. The summed E-state index contributed by atoms with van der Waals surface area (Å²) in [6.07, 6.45) is 2.52. The van der Waals surface area contributed by atoms with Gasteiger partial charge in [-0.15, -0.1) is 0 Å². The number of nitrogens with zero attached hydrogens (tertiary/aromatic N) is 2. The molecule has 0 bridgehead atoms. The highest BCUT2D eigenvalue weighted by Gasteiger charge is 2.16. The number of benzene rings is 1. The first-order chi connectivity index (χ1) is 9.17. The second-order valence-corrected chi connectivity index (χ2v) is 4.22. The fraction of sp³-hybridized carbons (Fsp3) is 0.286. The number of anilines is 1. The molecule has 0 fully saturated rings. The van der Waals surface area contributed by atoms with Crippen LogP contribution >= 0.6 is 0 Å². The molecule has 2 aromatic rings. The van der Waals surface area contributed by atoms with Crippen LogP contribution in [0.1, 0.15) is 28.5 Å². The van der Waals surface area contributed by atoms with Crippen molar-refractivity contribution in [2.45, 2.75) is 19.9 Å². The molecular formula is C14H17N3O2. The molecule has 0 atom stereocenters. The number of carbonyl (C=O) groups excluding carboxylic acids is 1. The van der Waals surface area contributed by atoms with E-state index in [1.165, 1.54) is 18.2 Å². The van der Waals surface area contributed by atoms with E-state index in [0.29, 0.717) is 12.4 Å². The van der Waals surface area contributed by atoms with Gasteiger partial charge in [-0.2, -0.15) is 0 Å². The number of nitrogen functional groups attached to an aromatic ring is 1. The third-order valence-electron chi connectivity index (χ3n) is 3.10. The van der Waals surface area contributed by atoms with Crippen molar-refractivity contribution < 1.29 is 9.53 Å². The number of aromatic nitrogens is 2. The van der Waals surface area contributed by atoms with Crippen molar-refractivity contribution >= 4 is 11.8 Å². The van der Waals surface area contributed by atoms with E-state index in [9.17, 15) is 4.79 Å². The summed E-state index contributed by atoms with van der Waals surface area (Å²) in [4.78, 5) is 15.4. The van der Waals surface area contributed by atoms with Gasteiger partial charge in [0.25, 0.3) is 0 Å². The van der Waals surface area contributed by atoms with Gasteiger partial charge in [-0.1, -0.05) is 31.2 Å². The number of hydrogen-bond acceptors (Lipinski definition) is 4. The molecule has 2 rings (SSSR count). The molecule has 2 N–H and O–H groups in total. The summed E-state index contributed by atoms with van der Waals surface area (Å²) in [5.41, 5.74) is 8.51. The second-order valence-electron chi connectivity index (χ2n) is 4.22. The van der Waals surface area contributed by atoms with Crippen molar-refractivity contribution in [2.75, 3.05) is 12.8 Å². The van der Waals surface area contributed by atoms with Crippen LogP contribution in [0.4, 0.5) is 5.82 Å². The van der Waals surface area contributed by atoms with E-state index >= 15 is 0 Å². The van der Waals surface area contributed by atoms with Crippen molar-refractivity contribution in [3.8, 4) is 0 Å². The van der Waals surface area contributed by atoms with Crippen LogP contribution in [0.3, 0.4) is 0 Å². The molecule has 0 radical (unpaired) electrons. The minimum Gasteiger partial charge on any atom is -0.464 e. The summed E-state index contributed by atoms with van der Waals surface area (Å²) >= 11 is 0. The van der Waals surface area contributed by atoms with E-state index in [0.717, 1.165) is 6.42 Å². The zero-order valence-corrected chi connectivity index (χ0v) is 11.1. The third-order valence-corrected chi connectivity index (χ3v) is 3.10. The highest BCUT2D eigenvalue weighted by Crippen LogP contribution is 2.16. The average molecular weight is 259 g/mol. The van der Waals surface area contributed by atoms with Gasteiger partial charge in [0.15, 0.2) is 5.69 Å².